The van der Waals surface area contributed by atoms with Gasteiger partial charge in [0, 0.05) is 23.0 Å². The molecule has 3 nitrogen and oxygen atoms in total. The molecule has 0 aliphatic carbocycles. The van der Waals surface area contributed by atoms with E-state index in [9.17, 15) is 9.90 Å². The number of alkyl halides is 1. The first-order chi connectivity index (χ1) is 7.45. The van der Waals surface area contributed by atoms with E-state index in [-0.39, 0.29) is 5.88 Å². The number of carboxylic acids is 1. The maximum atomic E-state index is 11.2. The Hall–Kier alpha value is -0.960. The molecule has 90 valence electrons. The van der Waals surface area contributed by atoms with Gasteiger partial charge >= 0.3 is 5.97 Å². The molecule has 1 heterocycles. The first-order valence-corrected chi connectivity index (χ1v) is 5.98. The molecule has 0 unspecified atom stereocenters. The average molecular weight is 244 g/mol. The van der Waals surface area contributed by atoms with Gasteiger partial charge in [-0.3, -0.25) is 0 Å². The second-order valence-corrected chi connectivity index (χ2v) is 4.36. The second-order valence-electron chi connectivity index (χ2n) is 4.09. The predicted octanol–water partition coefficient (Wildman–Crippen LogP) is 3.51. The molecule has 0 saturated carbocycles. The number of carboxylic acid groups (broad SMARTS) is 1. The highest BCUT2D eigenvalue weighted by molar-refractivity contribution is 6.17. The van der Waals surface area contributed by atoms with Crippen LogP contribution in [0.1, 0.15) is 53.6 Å². The summed E-state index contributed by atoms with van der Waals surface area (Å²) in [6.45, 7) is 7.95. The molecular weight excluding hydrogens is 226 g/mol. The third-order valence-electron chi connectivity index (χ3n) is 3.20. The molecule has 0 saturated heterocycles. The average Bonchev–Trinajstić information content (AvgIpc) is 2.48. The fourth-order valence-corrected chi connectivity index (χ4v) is 2.53. The predicted molar refractivity (Wildman–Crippen MR) is 65.4 cm³/mol. The van der Waals surface area contributed by atoms with Gasteiger partial charge in [0.05, 0.1) is 11.4 Å². The quantitative estimate of drug-likeness (QED) is 0.823. The van der Waals surface area contributed by atoms with Crippen LogP contribution in [0.4, 0.5) is 0 Å². The van der Waals surface area contributed by atoms with Gasteiger partial charge in [0.15, 0.2) is 0 Å². The zero-order valence-corrected chi connectivity index (χ0v) is 10.9. The van der Waals surface area contributed by atoms with Crippen molar-refractivity contribution in [1.82, 2.24) is 4.57 Å². The maximum Gasteiger partial charge on any atom is 0.337 e. The third kappa shape index (κ3) is 1.96. The molecule has 0 amide bonds. The Labute approximate surface area is 101 Å². The molecule has 0 aliphatic heterocycles. The Balaban J connectivity index is 3.47. The van der Waals surface area contributed by atoms with E-state index < -0.39 is 5.97 Å². The van der Waals surface area contributed by atoms with Gasteiger partial charge in [-0.25, -0.2) is 4.79 Å². The normalized spacial score (nSPS) is 12.8. The summed E-state index contributed by atoms with van der Waals surface area (Å²) in [5, 5.41) is 9.20. The highest BCUT2D eigenvalue weighted by Gasteiger charge is 2.23. The monoisotopic (exact) mass is 243 g/mol. The van der Waals surface area contributed by atoms with E-state index in [0.717, 1.165) is 23.4 Å². The van der Waals surface area contributed by atoms with Crippen LogP contribution >= 0.6 is 11.6 Å². The fourth-order valence-electron chi connectivity index (χ4n) is 2.21. The zero-order chi connectivity index (χ0) is 12.5. The van der Waals surface area contributed by atoms with E-state index in [1.165, 1.54) is 0 Å². The number of aromatic nitrogens is 1. The van der Waals surface area contributed by atoms with Crippen LogP contribution < -0.4 is 0 Å². The lowest BCUT2D eigenvalue weighted by Crippen LogP contribution is -2.08. The molecule has 0 spiro atoms. The molecule has 0 fully saturated rings. The van der Waals surface area contributed by atoms with Crippen LogP contribution in [0, 0.1) is 13.8 Å². The number of rotatable bonds is 4. The topological polar surface area (TPSA) is 42.2 Å². The minimum absolute atomic E-state index is 0.248. The van der Waals surface area contributed by atoms with Crippen LogP contribution in [-0.4, -0.2) is 15.6 Å². The van der Waals surface area contributed by atoms with Crippen molar-refractivity contribution in [2.45, 2.75) is 46.0 Å². The summed E-state index contributed by atoms with van der Waals surface area (Å²) in [5.41, 5.74) is 2.88. The van der Waals surface area contributed by atoms with E-state index >= 15 is 0 Å². The summed E-state index contributed by atoms with van der Waals surface area (Å²) in [4.78, 5) is 11.2. The minimum Gasteiger partial charge on any atom is -0.478 e. The first kappa shape index (κ1) is 13.1. The number of hydrogen-bond donors (Lipinski definition) is 1. The Morgan fingerprint density at radius 2 is 2.00 bits per heavy atom. The van der Waals surface area contributed by atoms with Crippen LogP contribution in [-0.2, 0) is 5.88 Å². The Morgan fingerprint density at radius 1 is 1.44 bits per heavy atom. The van der Waals surface area contributed by atoms with E-state index in [1.54, 1.807) is 0 Å². The van der Waals surface area contributed by atoms with Gasteiger partial charge < -0.3 is 9.67 Å². The van der Waals surface area contributed by atoms with Crippen molar-refractivity contribution >= 4 is 17.6 Å². The highest BCUT2D eigenvalue weighted by Crippen LogP contribution is 2.28. The van der Waals surface area contributed by atoms with Crippen molar-refractivity contribution in [2.75, 3.05) is 0 Å². The fraction of sp³-hybridized carbons (Fsp3) is 0.583. The van der Waals surface area contributed by atoms with Crippen molar-refractivity contribution < 1.29 is 9.90 Å². The molecule has 1 atom stereocenters. The van der Waals surface area contributed by atoms with Gasteiger partial charge in [-0.15, -0.1) is 11.6 Å². The number of nitrogens with zero attached hydrogens (tertiary/aromatic N) is 1. The van der Waals surface area contributed by atoms with Crippen molar-refractivity contribution in [2.24, 2.45) is 0 Å². The molecule has 1 aromatic rings. The maximum absolute atomic E-state index is 11.2. The minimum atomic E-state index is -0.890. The summed E-state index contributed by atoms with van der Waals surface area (Å²) in [6.07, 6.45) is 0.969. The molecule has 1 rings (SSSR count). The number of carbonyl (C=O) groups is 1. The lowest BCUT2D eigenvalue weighted by Gasteiger charge is -2.16. The standard InChI is InChI=1S/C12H18ClNO2/c1-5-7(2)14-8(3)10(6-13)11(9(14)4)12(15)16/h7H,5-6H2,1-4H3,(H,15,16)/t7-/m0/s1. The zero-order valence-electron chi connectivity index (χ0n) is 10.2. The van der Waals surface area contributed by atoms with Gasteiger partial charge in [-0.2, -0.15) is 0 Å². The van der Waals surface area contributed by atoms with Crippen molar-refractivity contribution in [1.29, 1.82) is 0 Å². The Bertz CT molecular complexity index is 410. The van der Waals surface area contributed by atoms with E-state index in [0.29, 0.717) is 11.6 Å². The first-order valence-electron chi connectivity index (χ1n) is 5.45. The van der Waals surface area contributed by atoms with E-state index in [1.807, 2.05) is 13.8 Å². The molecule has 4 heteroatoms. The van der Waals surface area contributed by atoms with Crippen LogP contribution in [0.3, 0.4) is 0 Å². The van der Waals surface area contributed by atoms with Crippen LogP contribution in [0.15, 0.2) is 0 Å². The Kier molecular flexibility index (Phi) is 4.03. The van der Waals surface area contributed by atoms with E-state index in [2.05, 4.69) is 18.4 Å². The van der Waals surface area contributed by atoms with Crippen LogP contribution in [0.2, 0.25) is 0 Å². The van der Waals surface area contributed by atoms with Gasteiger partial charge in [0.1, 0.15) is 0 Å². The van der Waals surface area contributed by atoms with Gasteiger partial charge in [-0.1, -0.05) is 6.92 Å². The van der Waals surface area contributed by atoms with Crippen molar-refractivity contribution in [3.05, 3.63) is 22.5 Å². The van der Waals surface area contributed by atoms with E-state index in [4.69, 9.17) is 11.6 Å². The number of aromatic carboxylic acids is 1. The van der Waals surface area contributed by atoms with Crippen LogP contribution in [0.25, 0.3) is 0 Å². The van der Waals surface area contributed by atoms with Crippen LogP contribution in [0.5, 0.6) is 0 Å². The third-order valence-corrected chi connectivity index (χ3v) is 3.47. The molecule has 0 aliphatic rings. The van der Waals surface area contributed by atoms with Gasteiger partial charge in [-0.05, 0) is 27.2 Å². The molecule has 1 aromatic heterocycles. The Morgan fingerprint density at radius 3 is 2.31 bits per heavy atom. The summed E-state index contributed by atoms with van der Waals surface area (Å²) in [7, 11) is 0. The summed E-state index contributed by atoms with van der Waals surface area (Å²) in [6, 6.07) is 0.301. The highest BCUT2D eigenvalue weighted by atomic mass is 35.5. The summed E-state index contributed by atoms with van der Waals surface area (Å²) < 4.78 is 2.07. The summed E-state index contributed by atoms with van der Waals surface area (Å²) >= 11 is 5.84. The van der Waals surface area contributed by atoms with Crippen molar-refractivity contribution in [3.8, 4) is 0 Å². The largest absolute Gasteiger partial charge is 0.478 e. The lowest BCUT2D eigenvalue weighted by molar-refractivity contribution is 0.0695. The molecule has 1 N–H and O–H groups in total. The molecule has 0 radical (unpaired) electrons. The summed E-state index contributed by atoms with van der Waals surface area (Å²) in [5.74, 6) is -0.643. The molecular formula is C12H18ClNO2. The second kappa shape index (κ2) is 4.91. The SMILES string of the molecule is CC[C@H](C)n1c(C)c(CCl)c(C(=O)O)c1C. The molecule has 16 heavy (non-hydrogen) atoms. The molecule has 0 aromatic carbocycles. The van der Waals surface area contributed by atoms with Gasteiger partial charge in [0.2, 0.25) is 0 Å². The molecule has 0 bridgehead atoms. The number of halogens is 1. The smallest absolute Gasteiger partial charge is 0.337 e. The lowest BCUT2D eigenvalue weighted by atomic mass is 10.1. The number of hydrogen-bond acceptors (Lipinski definition) is 1. The van der Waals surface area contributed by atoms with Crippen molar-refractivity contribution in [3.63, 3.8) is 0 Å². The van der Waals surface area contributed by atoms with Gasteiger partial charge in [0.25, 0.3) is 0 Å².